The van der Waals surface area contributed by atoms with Crippen molar-refractivity contribution in [3.8, 4) is 0 Å². The molecule has 0 unspecified atom stereocenters. The van der Waals surface area contributed by atoms with E-state index >= 15 is 0 Å². The van der Waals surface area contributed by atoms with Crippen LogP contribution in [0.1, 0.15) is 66.2 Å². The Bertz CT molecular complexity index is 297. The van der Waals surface area contributed by atoms with Gasteiger partial charge >= 0.3 is 6.09 Å². The normalized spacial score (nSPS) is 12.8. The number of aliphatic hydroxyl groups excluding tert-OH is 1. The quantitative estimate of drug-likeness (QED) is 0.639. The van der Waals surface area contributed by atoms with Crippen LogP contribution in [0.25, 0.3) is 0 Å². The van der Waals surface area contributed by atoms with Crippen LogP contribution in [0.2, 0.25) is 0 Å². The summed E-state index contributed by atoms with van der Waals surface area (Å²) < 4.78 is 5.14. The molecule has 1 atom stereocenters. The van der Waals surface area contributed by atoms with Gasteiger partial charge in [-0.05, 0) is 33.6 Å². The fourth-order valence-electron chi connectivity index (χ4n) is 1.75. The van der Waals surface area contributed by atoms with E-state index in [2.05, 4.69) is 5.32 Å². The van der Waals surface area contributed by atoms with Gasteiger partial charge in [0.15, 0.2) is 0 Å². The van der Waals surface area contributed by atoms with Crippen LogP contribution in [0, 0.1) is 0 Å². The Balaban J connectivity index is 3.82. The Morgan fingerprint density at radius 3 is 2.35 bits per heavy atom. The summed E-state index contributed by atoms with van der Waals surface area (Å²) >= 11 is 0. The molecular formula is C15H29NO4. The van der Waals surface area contributed by atoms with Crippen molar-refractivity contribution < 1.29 is 19.4 Å². The number of amides is 1. The molecule has 20 heavy (non-hydrogen) atoms. The molecule has 0 saturated heterocycles. The Labute approximate surface area is 122 Å². The summed E-state index contributed by atoms with van der Waals surface area (Å²) in [4.78, 5) is 22.7. The van der Waals surface area contributed by atoms with Gasteiger partial charge in [-0.1, -0.05) is 19.8 Å². The van der Waals surface area contributed by atoms with E-state index < -0.39 is 11.7 Å². The molecular weight excluding hydrogens is 258 g/mol. The van der Waals surface area contributed by atoms with E-state index in [1.807, 2.05) is 6.92 Å². The Morgan fingerprint density at radius 1 is 1.20 bits per heavy atom. The zero-order valence-corrected chi connectivity index (χ0v) is 13.2. The standard InChI is InChI=1S/C15H29NO4/c1-5-13(18)10-8-6-7-9-12(11-17)16-14(19)20-15(2,3)4/h12,17H,5-11H2,1-4H3,(H,16,19)/t12-/m0/s1. The summed E-state index contributed by atoms with van der Waals surface area (Å²) in [5.41, 5.74) is -0.537. The van der Waals surface area contributed by atoms with Gasteiger partial charge in [0.25, 0.3) is 0 Å². The second kappa shape index (κ2) is 9.75. The SMILES string of the molecule is CCC(=O)CCCCC[C@@H](CO)NC(=O)OC(C)(C)C. The molecule has 0 aromatic carbocycles. The first-order valence-electron chi connectivity index (χ1n) is 7.40. The van der Waals surface area contributed by atoms with Gasteiger partial charge in [-0.3, -0.25) is 4.79 Å². The van der Waals surface area contributed by atoms with Gasteiger partial charge in [-0.25, -0.2) is 4.79 Å². The number of alkyl carbamates (subject to hydrolysis) is 1. The molecule has 0 aliphatic heterocycles. The third-order valence-electron chi connectivity index (χ3n) is 2.84. The molecule has 0 aliphatic rings. The van der Waals surface area contributed by atoms with E-state index in [9.17, 15) is 14.7 Å². The van der Waals surface area contributed by atoms with Gasteiger partial charge in [0.05, 0.1) is 12.6 Å². The van der Waals surface area contributed by atoms with Gasteiger partial charge in [-0.2, -0.15) is 0 Å². The molecule has 0 heterocycles. The van der Waals surface area contributed by atoms with Crippen LogP contribution in [-0.2, 0) is 9.53 Å². The van der Waals surface area contributed by atoms with Crippen LogP contribution in [0.3, 0.4) is 0 Å². The summed E-state index contributed by atoms with van der Waals surface area (Å²) in [7, 11) is 0. The lowest BCUT2D eigenvalue weighted by molar-refractivity contribution is -0.118. The number of Topliss-reactive ketones (excluding diaryl/α,β-unsaturated/α-hetero) is 1. The Morgan fingerprint density at radius 2 is 1.85 bits per heavy atom. The molecule has 5 heteroatoms. The van der Waals surface area contributed by atoms with Crippen molar-refractivity contribution in [1.82, 2.24) is 5.32 Å². The van der Waals surface area contributed by atoms with Crippen molar-refractivity contribution in [1.29, 1.82) is 0 Å². The molecule has 0 aromatic rings. The van der Waals surface area contributed by atoms with Gasteiger partial charge < -0.3 is 15.2 Å². The molecule has 0 bridgehead atoms. The van der Waals surface area contributed by atoms with Gasteiger partial charge in [0.2, 0.25) is 0 Å². The number of hydrogen-bond acceptors (Lipinski definition) is 4. The molecule has 2 N–H and O–H groups in total. The van der Waals surface area contributed by atoms with Crippen molar-refractivity contribution in [2.75, 3.05) is 6.61 Å². The second-order valence-electron chi connectivity index (χ2n) is 6.02. The highest BCUT2D eigenvalue weighted by Gasteiger charge is 2.18. The van der Waals surface area contributed by atoms with Gasteiger partial charge in [-0.15, -0.1) is 0 Å². The average molecular weight is 287 g/mol. The maximum atomic E-state index is 11.6. The third-order valence-corrected chi connectivity index (χ3v) is 2.84. The van der Waals surface area contributed by atoms with Crippen molar-refractivity contribution >= 4 is 11.9 Å². The van der Waals surface area contributed by atoms with Crippen LogP contribution in [0.5, 0.6) is 0 Å². The highest BCUT2D eigenvalue weighted by Crippen LogP contribution is 2.09. The average Bonchev–Trinajstić information content (AvgIpc) is 2.34. The van der Waals surface area contributed by atoms with Crippen LogP contribution >= 0.6 is 0 Å². The van der Waals surface area contributed by atoms with Gasteiger partial charge in [0.1, 0.15) is 11.4 Å². The number of carbonyl (C=O) groups is 2. The first kappa shape index (κ1) is 18.9. The number of carbonyl (C=O) groups excluding carboxylic acids is 2. The van der Waals surface area contributed by atoms with E-state index in [1.54, 1.807) is 20.8 Å². The van der Waals surface area contributed by atoms with Crippen molar-refractivity contribution in [2.45, 2.75) is 77.9 Å². The zero-order chi connectivity index (χ0) is 15.6. The molecule has 118 valence electrons. The molecule has 5 nitrogen and oxygen atoms in total. The van der Waals surface area contributed by atoms with E-state index in [4.69, 9.17) is 4.74 Å². The lowest BCUT2D eigenvalue weighted by Crippen LogP contribution is -2.41. The number of ketones is 1. The lowest BCUT2D eigenvalue weighted by atomic mass is 10.1. The van der Waals surface area contributed by atoms with Crippen LogP contribution in [0.4, 0.5) is 4.79 Å². The summed E-state index contributed by atoms with van der Waals surface area (Å²) in [5.74, 6) is 0.288. The topological polar surface area (TPSA) is 75.6 Å². The minimum absolute atomic E-state index is 0.104. The minimum atomic E-state index is -0.537. The number of rotatable bonds is 9. The Kier molecular flexibility index (Phi) is 9.21. The summed E-state index contributed by atoms with van der Waals surface area (Å²) in [6, 6.07) is -0.285. The highest BCUT2D eigenvalue weighted by molar-refractivity contribution is 5.77. The largest absolute Gasteiger partial charge is 0.444 e. The van der Waals surface area contributed by atoms with E-state index in [-0.39, 0.29) is 18.4 Å². The number of unbranched alkanes of at least 4 members (excludes halogenated alkanes) is 2. The fourth-order valence-corrected chi connectivity index (χ4v) is 1.75. The van der Waals surface area contributed by atoms with Crippen LogP contribution in [0.15, 0.2) is 0 Å². The number of aliphatic hydroxyl groups is 1. The zero-order valence-electron chi connectivity index (χ0n) is 13.2. The minimum Gasteiger partial charge on any atom is -0.444 e. The third kappa shape index (κ3) is 10.8. The van der Waals surface area contributed by atoms with Crippen LogP contribution < -0.4 is 5.32 Å². The molecule has 0 aromatic heterocycles. The summed E-state index contributed by atoms with van der Waals surface area (Å²) in [6.07, 6.45) is 4.08. The summed E-state index contributed by atoms with van der Waals surface area (Å²) in [6.45, 7) is 7.16. The number of hydrogen-bond donors (Lipinski definition) is 2. The molecule has 1 amide bonds. The molecule has 0 rings (SSSR count). The van der Waals surface area contributed by atoms with E-state index in [0.717, 1.165) is 19.3 Å². The molecule has 0 spiro atoms. The fraction of sp³-hybridized carbons (Fsp3) is 0.867. The van der Waals surface area contributed by atoms with Crippen LogP contribution in [-0.4, -0.2) is 35.2 Å². The van der Waals surface area contributed by atoms with E-state index in [1.165, 1.54) is 0 Å². The lowest BCUT2D eigenvalue weighted by Gasteiger charge is -2.22. The van der Waals surface area contributed by atoms with Crippen molar-refractivity contribution in [3.05, 3.63) is 0 Å². The maximum absolute atomic E-state index is 11.6. The predicted molar refractivity (Wildman–Crippen MR) is 78.6 cm³/mol. The smallest absolute Gasteiger partial charge is 0.407 e. The highest BCUT2D eigenvalue weighted by atomic mass is 16.6. The molecule has 0 aliphatic carbocycles. The Hall–Kier alpha value is -1.10. The van der Waals surface area contributed by atoms with E-state index in [0.29, 0.717) is 19.3 Å². The molecule has 0 fully saturated rings. The van der Waals surface area contributed by atoms with Crippen molar-refractivity contribution in [2.24, 2.45) is 0 Å². The maximum Gasteiger partial charge on any atom is 0.407 e. The van der Waals surface area contributed by atoms with Crippen molar-refractivity contribution in [3.63, 3.8) is 0 Å². The number of ether oxygens (including phenoxy) is 1. The number of nitrogens with one attached hydrogen (secondary N) is 1. The summed E-state index contributed by atoms with van der Waals surface area (Å²) in [5, 5.41) is 11.9. The first-order chi connectivity index (χ1) is 9.28. The first-order valence-corrected chi connectivity index (χ1v) is 7.40. The monoisotopic (exact) mass is 287 g/mol. The molecule has 0 saturated carbocycles. The van der Waals surface area contributed by atoms with Gasteiger partial charge in [0, 0.05) is 12.8 Å². The predicted octanol–water partition coefficient (Wildman–Crippen LogP) is 2.80. The molecule has 0 radical (unpaired) electrons. The second-order valence-corrected chi connectivity index (χ2v) is 6.02.